The van der Waals surface area contributed by atoms with Crippen molar-refractivity contribution in [3.05, 3.63) is 32.5 Å². The van der Waals surface area contributed by atoms with Crippen LogP contribution in [0.2, 0.25) is 0 Å². The first-order chi connectivity index (χ1) is 5.66. The van der Waals surface area contributed by atoms with Crippen LogP contribution in [-0.4, -0.2) is 9.91 Å². The lowest BCUT2D eigenvalue weighted by atomic mass is 10.3. The summed E-state index contributed by atoms with van der Waals surface area (Å²) in [4.78, 5) is 13.3. The fourth-order valence-electron chi connectivity index (χ4n) is 0.639. The predicted molar refractivity (Wildman–Crippen MR) is 43.3 cm³/mol. The molecule has 0 N–H and O–H groups in total. The van der Waals surface area contributed by atoms with Crippen molar-refractivity contribution < 1.29 is 4.92 Å². The Bertz CT molecular complexity index is 372. The third kappa shape index (κ3) is 1.40. The number of nitrogens with zero attached hydrogens (tertiary/aromatic N) is 3. The summed E-state index contributed by atoms with van der Waals surface area (Å²) in [5.74, 6) is 0. The minimum atomic E-state index is -0.599. The van der Waals surface area contributed by atoms with Gasteiger partial charge in [0.1, 0.15) is 16.7 Å². The maximum atomic E-state index is 10.3. The number of nitriles is 1. The number of halogens is 1. The van der Waals surface area contributed by atoms with Crippen molar-refractivity contribution in [3.63, 3.8) is 0 Å². The highest BCUT2D eigenvalue weighted by Gasteiger charge is 2.14. The summed E-state index contributed by atoms with van der Waals surface area (Å²) in [6.07, 6.45) is 2.35. The van der Waals surface area contributed by atoms with Crippen LogP contribution in [0.1, 0.15) is 5.56 Å². The first-order valence-electron chi connectivity index (χ1n) is 2.85. The average molecular weight is 228 g/mol. The molecule has 0 fully saturated rings. The number of pyridine rings is 1. The molecule has 1 aromatic heterocycles. The van der Waals surface area contributed by atoms with E-state index >= 15 is 0 Å². The molecule has 6 heteroatoms. The van der Waals surface area contributed by atoms with E-state index in [0.29, 0.717) is 0 Å². The summed E-state index contributed by atoms with van der Waals surface area (Å²) in [5.41, 5.74) is -0.0433. The zero-order chi connectivity index (χ0) is 9.14. The zero-order valence-electron chi connectivity index (χ0n) is 5.69. The molecule has 0 aromatic carbocycles. The van der Waals surface area contributed by atoms with Crippen LogP contribution in [-0.2, 0) is 0 Å². The molecule has 0 saturated heterocycles. The van der Waals surface area contributed by atoms with Crippen molar-refractivity contribution in [2.75, 3.05) is 0 Å². The summed E-state index contributed by atoms with van der Waals surface area (Å²) < 4.78 is 0.171. The Morgan fingerprint density at radius 2 is 2.33 bits per heavy atom. The van der Waals surface area contributed by atoms with Crippen molar-refractivity contribution in [3.8, 4) is 6.07 Å². The first kappa shape index (κ1) is 8.62. The summed E-state index contributed by atoms with van der Waals surface area (Å²) in [7, 11) is 0. The maximum absolute atomic E-state index is 10.3. The average Bonchev–Trinajstić information content (AvgIpc) is 2.04. The minimum absolute atomic E-state index is 0.157. The molecular weight excluding hydrogens is 226 g/mol. The third-order valence-corrected chi connectivity index (χ3v) is 2.01. The van der Waals surface area contributed by atoms with Crippen molar-refractivity contribution in [1.82, 2.24) is 4.98 Å². The van der Waals surface area contributed by atoms with Gasteiger partial charge in [0, 0.05) is 6.20 Å². The number of nitro groups is 1. The molecule has 0 amide bonds. The normalized spacial score (nSPS) is 9.00. The van der Waals surface area contributed by atoms with Gasteiger partial charge in [0.15, 0.2) is 0 Å². The molecule has 0 aliphatic carbocycles. The van der Waals surface area contributed by atoms with Gasteiger partial charge in [-0.2, -0.15) is 5.26 Å². The van der Waals surface area contributed by atoms with E-state index in [9.17, 15) is 10.1 Å². The van der Waals surface area contributed by atoms with Gasteiger partial charge in [0.05, 0.1) is 10.5 Å². The van der Waals surface area contributed by atoms with Crippen LogP contribution >= 0.6 is 15.9 Å². The Morgan fingerprint density at radius 3 is 2.83 bits per heavy atom. The van der Waals surface area contributed by atoms with E-state index < -0.39 is 4.92 Å². The lowest BCUT2D eigenvalue weighted by Gasteiger charge is -1.94. The van der Waals surface area contributed by atoms with Crippen LogP contribution in [0, 0.1) is 21.4 Å². The Balaban J connectivity index is 3.35. The lowest BCUT2D eigenvalue weighted by Crippen LogP contribution is -1.92. The molecule has 0 radical (unpaired) electrons. The van der Waals surface area contributed by atoms with Gasteiger partial charge >= 0.3 is 5.69 Å². The number of hydrogen-bond donors (Lipinski definition) is 0. The van der Waals surface area contributed by atoms with Crippen LogP contribution < -0.4 is 0 Å². The smallest absolute Gasteiger partial charge is 0.258 e. The highest BCUT2D eigenvalue weighted by molar-refractivity contribution is 9.10. The molecule has 0 unspecified atom stereocenters. The highest BCUT2D eigenvalue weighted by Crippen LogP contribution is 2.25. The van der Waals surface area contributed by atoms with E-state index in [-0.39, 0.29) is 15.7 Å². The molecule has 0 atom stereocenters. The van der Waals surface area contributed by atoms with Gasteiger partial charge in [0.2, 0.25) is 0 Å². The van der Waals surface area contributed by atoms with Crippen molar-refractivity contribution in [1.29, 1.82) is 5.26 Å². The van der Waals surface area contributed by atoms with Gasteiger partial charge in [-0.05, 0) is 15.9 Å². The third-order valence-electron chi connectivity index (χ3n) is 1.18. The van der Waals surface area contributed by atoms with E-state index in [4.69, 9.17) is 5.26 Å². The zero-order valence-corrected chi connectivity index (χ0v) is 7.28. The monoisotopic (exact) mass is 227 g/mol. The minimum Gasteiger partial charge on any atom is -0.258 e. The molecule has 1 rings (SSSR count). The topological polar surface area (TPSA) is 79.8 Å². The van der Waals surface area contributed by atoms with Gasteiger partial charge in [-0.15, -0.1) is 0 Å². The first-order valence-corrected chi connectivity index (χ1v) is 3.64. The maximum Gasteiger partial charge on any atom is 0.302 e. The molecule has 0 bridgehead atoms. The van der Waals surface area contributed by atoms with Crippen LogP contribution in [0.3, 0.4) is 0 Å². The van der Waals surface area contributed by atoms with Gasteiger partial charge in [0.25, 0.3) is 0 Å². The molecule has 0 saturated carbocycles. The van der Waals surface area contributed by atoms with Gasteiger partial charge in [-0.25, -0.2) is 0 Å². The Labute approximate surface area is 75.9 Å². The Kier molecular flexibility index (Phi) is 2.35. The summed E-state index contributed by atoms with van der Waals surface area (Å²) in [6.45, 7) is 0. The van der Waals surface area contributed by atoms with E-state index in [1.165, 1.54) is 6.20 Å². The standard InChI is InChI=1S/C6H2BrN3O2/c7-6-4(1-8)2-9-3-5(6)10(11)12/h2-3H. The fourth-order valence-corrected chi connectivity index (χ4v) is 1.08. The number of aromatic nitrogens is 1. The molecule has 5 nitrogen and oxygen atoms in total. The Hall–Kier alpha value is -1.48. The summed E-state index contributed by atoms with van der Waals surface area (Å²) in [5, 5.41) is 18.8. The SMILES string of the molecule is N#Cc1cncc([N+](=O)[O-])c1Br. The second-order valence-electron chi connectivity index (χ2n) is 1.89. The second-order valence-corrected chi connectivity index (χ2v) is 2.68. The van der Waals surface area contributed by atoms with Crippen molar-refractivity contribution >= 4 is 21.6 Å². The molecule has 12 heavy (non-hydrogen) atoms. The van der Waals surface area contributed by atoms with Crippen molar-refractivity contribution in [2.45, 2.75) is 0 Å². The summed E-state index contributed by atoms with van der Waals surface area (Å²) >= 11 is 2.94. The van der Waals surface area contributed by atoms with Gasteiger partial charge in [-0.1, -0.05) is 0 Å². The van der Waals surface area contributed by atoms with Crippen LogP contribution in [0.15, 0.2) is 16.9 Å². The quantitative estimate of drug-likeness (QED) is 0.540. The Morgan fingerprint density at radius 1 is 1.67 bits per heavy atom. The second kappa shape index (κ2) is 3.28. The van der Waals surface area contributed by atoms with Gasteiger partial charge < -0.3 is 0 Å². The number of hydrogen-bond acceptors (Lipinski definition) is 4. The van der Waals surface area contributed by atoms with Crippen LogP contribution in [0.25, 0.3) is 0 Å². The van der Waals surface area contributed by atoms with Gasteiger partial charge in [-0.3, -0.25) is 15.1 Å². The van der Waals surface area contributed by atoms with Crippen LogP contribution in [0.4, 0.5) is 5.69 Å². The van der Waals surface area contributed by atoms with Crippen LogP contribution in [0.5, 0.6) is 0 Å². The lowest BCUT2D eigenvalue weighted by molar-refractivity contribution is -0.386. The molecule has 1 aromatic rings. The largest absolute Gasteiger partial charge is 0.302 e. The molecular formula is C6H2BrN3O2. The van der Waals surface area contributed by atoms with E-state index in [2.05, 4.69) is 20.9 Å². The molecule has 1 heterocycles. The molecule has 0 aliphatic heterocycles. The molecule has 0 aliphatic rings. The predicted octanol–water partition coefficient (Wildman–Crippen LogP) is 1.62. The fraction of sp³-hybridized carbons (Fsp3) is 0. The van der Waals surface area contributed by atoms with E-state index in [0.717, 1.165) is 6.20 Å². The summed E-state index contributed by atoms with van der Waals surface area (Å²) in [6, 6.07) is 1.78. The molecule has 60 valence electrons. The van der Waals surface area contributed by atoms with E-state index in [1.807, 2.05) is 0 Å². The highest BCUT2D eigenvalue weighted by atomic mass is 79.9. The van der Waals surface area contributed by atoms with Crippen molar-refractivity contribution in [2.24, 2.45) is 0 Å². The van der Waals surface area contributed by atoms with E-state index in [1.54, 1.807) is 6.07 Å². The molecule has 0 spiro atoms. The number of rotatable bonds is 1.